The van der Waals surface area contributed by atoms with E-state index >= 15 is 0 Å². The van der Waals surface area contributed by atoms with Crippen molar-refractivity contribution >= 4 is 35.3 Å². The maximum atomic E-state index is 13.1. The molecule has 10 nitrogen and oxygen atoms in total. The lowest BCUT2D eigenvalue weighted by molar-refractivity contribution is -0.155. The van der Waals surface area contributed by atoms with Crippen molar-refractivity contribution in [3.05, 3.63) is 29.3 Å². The van der Waals surface area contributed by atoms with E-state index in [0.29, 0.717) is 17.5 Å². The second-order valence-corrected chi connectivity index (χ2v) is 10.9. The third-order valence-electron chi connectivity index (χ3n) is 6.94. The Morgan fingerprint density at radius 1 is 0.973 bits per heavy atom. The van der Waals surface area contributed by atoms with Crippen LogP contribution in [0.1, 0.15) is 80.0 Å². The van der Waals surface area contributed by atoms with Crippen LogP contribution < -0.4 is 10.2 Å². The molecule has 1 aromatic carbocycles. The predicted octanol–water partition coefficient (Wildman–Crippen LogP) is 2.11. The van der Waals surface area contributed by atoms with E-state index < -0.39 is 29.4 Å². The molecule has 10 heteroatoms. The number of rotatable bonds is 8. The lowest BCUT2D eigenvalue weighted by Gasteiger charge is -2.36. The van der Waals surface area contributed by atoms with E-state index in [-0.39, 0.29) is 24.7 Å². The van der Waals surface area contributed by atoms with Crippen molar-refractivity contribution in [3.63, 3.8) is 0 Å². The average molecular weight is 513 g/mol. The fourth-order valence-corrected chi connectivity index (χ4v) is 5.06. The molecule has 0 aromatic heterocycles. The highest BCUT2D eigenvalue weighted by Crippen LogP contribution is 2.31. The first-order chi connectivity index (χ1) is 17.5. The molecule has 1 atom stereocenters. The lowest BCUT2D eigenvalue weighted by atomic mass is 10.0. The third-order valence-corrected chi connectivity index (χ3v) is 6.94. The molecular weight excluding hydrogens is 476 g/mol. The molecule has 4 amide bonds. The van der Waals surface area contributed by atoms with Gasteiger partial charge in [0.15, 0.2) is 0 Å². The van der Waals surface area contributed by atoms with Gasteiger partial charge < -0.3 is 9.64 Å². The molecule has 0 spiro atoms. The average Bonchev–Trinajstić information content (AvgIpc) is 3.08. The van der Waals surface area contributed by atoms with Crippen LogP contribution in [-0.2, 0) is 19.1 Å². The van der Waals surface area contributed by atoms with Crippen LogP contribution in [-0.4, -0.2) is 83.8 Å². The lowest BCUT2D eigenvalue weighted by Crippen LogP contribution is -2.54. The molecule has 1 aromatic rings. The van der Waals surface area contributed by atoms with Crippen LogP contribution in [0.25, 0.3) is 0 Å². The first-order valence-corrected chi connectivity index (χ1v) is 13.1. The van der Waals surface area contributed by atoms with Gasteiger partial charge >= 0.3 is 5.97 Å². The van der Waals surface area contributed by atoms with Crippen molar-refractivity contribution < 1.29 is 28.7 Å². The van der Waals surface area contributed by atoms with E-state index in [0.717, 1.165) is 62.6 Å². The van der Waals surface area contributed by atoms with Gasteiger partial charge in [0, 0.05) is 44.7 Å². The van der Waals surface area contributed by atoms with Gasteiger partial charge in [-0.15, -0.1) is 0 Å². The summed E-state index contributed by atoms with van der Waals surface area (Å²) in [6.07, 6.45) is 3.52. The number of carbonyl (C=O) groups is 5. The Morgan fingerprint density at radius 2 is 1.68 bits per heavy atom. The number of nitrogens with one attached hydrogen (secondary N) is 1. The van der Waals surface area contributed by atoms with Gasteiger partial charge in [0.2, 0.25) is 11.8 Å². The quantitative estimate of drug-likeness (QED) is 0.320. The van der Waals surface area contributed by atoms with Gasteiger partial charge in [0.1, 0.15) is 11.6 Å². The first-order valence-electron chi connectivity index (χ1n) is 13.1. The number of carbonyl (C=O) groups excluding carboxylic acids is 5. The molecule has 2 fully saturated rings. The number of imide groups is 2. The van der Waals surface area contributed by atoms with Gasteiger partial charge in [-0.3, -0.25) is 39.1 Å². The van der Waals surface area contributed by atoms with Crippen molar-refractivity contribution in [2.75, 3.05) is 37.6 Å². The van der Waals surface area contributed by atoms with Crippen molar-refractivity contribution in [2.45, 2.75) is 70.9 Å². The maximum Gasteiger partial charge on any atom is 0.306 e. The number of esters is 1. The largest absolute Gasteiger partial charge is 0.460 e. The monoisotopic (exact) mass is 512 g/mol. The molecule has 0 saturated carbocycles. The molecule has 1 unspecified atom stereocenters. The summed E-state index contributed by atoms with van der Waals surface area (Å²) < 4.78 is 5.35. The second-order valence-electron chi connectivity index (χ2n) is 10.9. The molecule has 3 aliphatic heterocycles. The Balaban J connectivity index is 1.25. The van der Waals surface area contributed by atoms with E-state index in [2.05, 4.69) is 15.1 Å². The molecule has 2 saturated heterocycles. The number of nitrogens with zero attached hydrogens (tertiary/aromatic N) is 3. The molecule has 3 heterocycles. The molecule has 0 aliphatic carbocycles. The van der Waals surface area contributed by atoms with Crippen LogP contribution in [0.15, 0.2) is 18.2 Å². The molecule has 3 aliphatic rings. The Kier molecular flexibility index (Phi) is 7.96. The number of amides is 4. The normalized spacial score (nSPS) is 20.8. The van der Waals surface area contributed by atoms with E-state index in [9.17, 15) is 24.0 Å². The summed E-state index contributed by atoms with van der Waals surface area (Å²) >= 11 is 0. The van der Waals surface area contributed by atoms with Gasteiger partial charge in [-0.2, -0.15) is 0 Å². The number of hydrogen-bond donors (Lipinski definition) is 1. The second kappa shape index (κ2) is 11.0. The SMILES string of the molecule is CC(C)(C)OC(=O)CCCCCN1CCN(c2ccc3c(c2)C(=O)N(C2CCC(=O)NC2=O)C3=O)CC1. The van der Waals surface area contributed by atoms with Crippen molar-refractivity contribution in [3.8, 4) is 0 Å². The Labute approximate surface area is 217 Å². The highest BCUT2D eigenvalue weighted by Gasteiger charge is 2.44. The fraction of sp³-hybridized carbons (Fsp3) is 0.593. The molecule has 0 radical (unpaired) electrons. The van der Waals surface area contributed by atoms with Gasteiger partial charge in [0.25, 0.3) is 11.8 Å². The van der Waals surface area contributed by atoms with E-state index in [1.807, 2.05) is 26.8 Å². The van der Waals surface area contributed by atoms with Gasteiger partial charge in [-0.05, 0) is 64.8 Å². The maximum absolute atomic E-state index is 13.1. The molecule has 0 bridgehead atoms. The zero-order valence-corrected chi connectivity index (χ0v) is 21.9. The number of fused-ring (bicyclic) bond motifs is 1. The molecular formula is C27H36N4O6. The molecule has 200 valence electrons. The van der Waals surface area contributed by atoms with Gasteiger partial charge in [0.05, 0.1) is 11.1 Å². The number of anilines is 1. The van der Waals surface area contributed by atoms with Gasteiger partial charge in [-0.1, -0.05) is 6.42 Å². The van der Waals surface area contributed by atoms with Crippen LogP contribution >= 0.6 is 0 Å². The highest BCUT2D eigenvalue weighted by atomic mass is 16.6. The number of piperazine rings is 1. The van der Waals surface area contributed by atoms with Crippen LogP contribution in [0.4, 0.5) is 5.69 Å². The number of benzene rings is 1. The van der Waals surface area contributed by atoms with Gasteiger partial charge in [-0.25, -0.2) is 0 Å². The van der Waals surface area contributed by atoms with Crippen LogP contribution in [0.5, 0.6) is 0 Å². The Bertz CT molecular complexity index is 1090. The third kappa shape index (κ3) is 6.36. The Morgan fingerprint density at radius 3 is 2.35 bits per heavy atom. The number of hydrogen-bond acceptors (Lipinski definition) is 8. The predicted molar refractivity (Wildman–Crippen MR) is 136 cm³/mol. The zero-order valence-electron chi connectivity index (χ0n) is 21.9. The van der Waals surface area contributed by atoms with Crippen LogP contribution in [0.2, 0.25) is 0 Å². The summed E-state index contributed by atoms with van der Waals surface area (Å²) in [4.78, 5) is 67.1. The minimum atomic E-state index is -0.957. The zero-order chi connectivity index (χ0) is 26.7. The van der Waals surface area contributed by atoms with Crippen molar-refractivity contribution in [1.29, 1.82) is 0 Å². The van der Waals surface area contributed by atoms with Crippen molar-refractivity contribution in [2.24, 2.45) is 0 Å². The molecule has 1 N–H and O–H groups in total. The van der Waals surface area contributed by atoms with E-state index in [1.54, 1.807) is 12.1 Å². The van der Waals surface area contributed by atoms with Crippen molar-refractivity contribution in [1.82, 2.24) is 15.1 Å². The Hall–Kier alpha value is -3.27. The number of piperidine rings is 1. The van der Waals surface area contributed by atoms with Crippen LogP contribution in [0.3, 0.4) is 0 Å². The summed E-state index contributed by atoms with van der Waals surface area (Å²) in [5.74, 6) is -2.11. The van der Waals surface area contributed by atoms with E-state index in [1.165, 1.54) is 0 Å². The standard InChI is InChI=1S/C27H36N4O6/c1-27(2,3)37-23(33)7-5-4-6-12-29-13-15-30(16-14-29)18-8-9-19-20(17-18)26(36)31(25(19)35)21-10-11-22(32)28-24(21)34/h8-9,17,21H,4-7,10-16H2,1-3H3,(H,28,32,34). The summed E-state index contributed by atoms with van der Waals surface area (Å²) in [6.45, 7) is 9.98. The summed E-state index contributed by atoms with van der Waals surface area (Å²) in [5.41, 5.74) is 1.04. The minimum absolute atomic E-state index is 0.100. The molecule has 37 heavy (non-hydrogen) atoms. The summed E-state index contributed by atoms with van der Waals surface area (Å²) in [6, 6.07) is 4.30. The smallest absolute Gasteiger partial charge is 0.306 e. The molecule has 4 rings (SSSR count). The summed E-state index contributed by atoms with van der Waals surface area (Å²) in [7, 11) is 0. The number of ether oxygens (including phenoxy) is 1. The van der Waals surface area contributed by atoms with E-state index in [4.69, 9.17) is 4.74 Å². The summed E-state index contributed by atoms with van der Waals surface area (Å²) in [5, 5.41) is 2.22. The minimum Gasteiger partial charge on any atom is -0.460 e. The first kappa shape index (κ1) is 26.8. The van der Waals surface area contributed by atoms with Crippen LogP contribution in [0, 0.1) is 0 Å². The highest BCUT2D eigenvalue weighted by molar-refractivity contribution is 6.23. The number of unbranched alkanes of at least 4 members (excludes halogenated alkanes) is 2. The fourth-order valence-electron chi connectivity index (χ4n) is 5.06. The topological polar surface area (TPSA) is 116 Å².